The Balaban J connectivity index is 2.73. The number of aliphatic hydroxyl groups is 1. The van der Waals surface area contributed by atoms with Crippen LogP contribution >= 0.6 is 0 Å². The maximum Gasteiger partial charge on any atom is 0.317 e. The van der Waals surface area contributed by atoms with Gasteiger partial charge >= 0.3 is 6.03 Å². The molecule has 4 atom stereocenters. The van der Waals surface area contributed by atoms with Crippen molar-refractivity contribution in [3.05, 3.63) is 0 Å². The Bertz CT molecular complexity index is 329. The summed E-state index contributed by atoms with van der Waals surface area (Å²) in [7, 11) is 3.46. The number of carbonyl (C=O) groups is 1. The maximum absolute atomic E-state index is 12.2. The van der Waals surface area contributed by atoms with Gasteiger partial charge in [-0.05, 0) is 19.8 Å². The molecular formula is C15H30N2O3. The molecule has 1 fully saturated rings. The first-order valence-corrected chi connectivity index (χ1v) is 7.56. The third kappa shape index (κ3) is 2.93. The molecule has 5 nitrogen and oxygen atoms in total. The van der Waals surface area contributed by atoms with E-state index in [4.69, 9.17) is 4.74 Å². The van der Waals surface area contributed by atoms with Crippen LogP contribution in [0.3, 0.4) is 0 Å². The first kappa shape index (κ1) is 17.2. The van der Waals surface area contributed by atoms with Gasteiger partial charge in [0.2, 0.25) is 0 Å². The third-order valence-electron chi connectivity index (χ3n) is 4.92. The molecule has 1 aliphatic rings. The fraction of sp³-hybridized carbons (Fsp3) is 0.933. The molecule has 2 N–H and O–H groups in total. The smallest absolute Gasteiger partial charge is 0.317 e. The number of methoxy groups -OCH3 is 1. The Morgan fingerprint density at radius 1 is 1.45 bits per heavy atom. The van der Waals surface area contributed by atoms with Crippen LogP contribution in [-0.2, 0) is 4.74 Å². The molecule has 0 spiro atoms. The second-order valence-corrected chi connectivity index (χ2v) is 6.11. The zero-order valence-electron chi connectivity index (χ0n) is 13.6. The van der Waals surface area contributed by atoms with Crippen LogP contribution < -0.4 is 5.32 Å². The van der Waals surface area contributed by atoms with Crippen molar-refractivity contribution in [2.75, 3.05) is 20.7 Å². The van der Waals surface area contributed by atoms with Crippen LogP contribution in [0.1, 0.15) is 40.5 Å². The van der Waals surface area contributed by atoms with E-state index in [1.807, 2.05) is 0 Å². The van der Waals surface area contributed by atoms with Crippen molar-refractivity contribution in [2.45, 2.75) is 58.8 Å². The Hall–Kier alpha value is -0.810. The lowest BCUT2D eigenvalue weighted by molar-refractivity contribution is -0.164. The van der Waals surface area contributed by atoms with E-state index in [1.54, 1.807) is 21.1 Å². The molecule has 118 valence electrons. The summed E-state index contributed by atoms with van der Waals surface area (Å²) in [6.45, 7) is 8.45. The van der Waals surface area contributed by atoms with Gasteiger partial charge in [-0.1, -0.05) is 20.8 Å². The molecule has 1 aliphatic carbocycles. The Morgan fingerprint density at radius 2 is 2.00 bits per heavy atom. The second-order valence-electron chi connectivity index (χ2n) is 6.11. The second kappa shape index (κ2) is 6.76. The number of urea groups is 1. The number of nitrogens with zero attached hydrogens (tertiary/aromatic N) is 1. The van der Waals surface area contributed by atoms with Gasteiger partial charge in [0.15, 0.2) is 0 Å². The van der Waals surface area contributed by atoms with Crippen LogP contribution in [0.4, 0.5) is 4.79 Å². The number of rotatable bonds is 6. The van der Waals surface area contributed by atoms with Crippen molar-refractivity contribution in [3.63, 3.8) is 0 Å². The molecular weight excluding hydrogens is 256 g/mol. The lowest BCUT2D eigenvalue weighted by atomic mass is 9.53. The van der Waals surface area contributed by atoms with Crippen molar-refractivity contribution in [2.24, 2.45) is 11.3 Å². The van der Waals surface area contributed by atoms with Crippen molar-refractivity contribution < 1.29 is 14.6 Å². The number of hydrogen-bond acceptors (Lipinski definition) is 3. The zero-order valence-corrected chi connectivity index (χ0v) is 13.6. The van der Waals surface area contributed by atoms with Gasteiger partial charge in [-0.25, -0.2) is 4.79 Å². The van der Waals surface area contributed by atoms with Gasteiger partial charge in [-0.3, -0.25) is 0 Å². The quantitative estimate of drug-likeness (QED) is 0.783. The first-order valence-electron chi connectivity index (χ1n) is 7.56. The lowest BCUT2D eigenvalue weighted by Gasteiger charge is -2.59. The summed E-state index contributed by atoms with van der Waals surface area (Å²) in [4.78, 5) is 13.7. The van der Waals surface area contributed by atoms with Gasteiger partial charge in [0.1, 0.15) is 0 Å². The summed E-state index contributed by atoms with van der Waals surface area (Å²) in [6, 6.07) is 0.00924. The minimum atomic E-state index is -0.515. The molecule has 2 amide bonds. The average Bonchev–Trinajstić information content (AvgIpc) is 2.40. The van der Waals surface area contributed by atoms with Gasteiger partial charge in [0, 0.05) is 38.1 Å². The number of amides is 2. The fourth-order valence-corrected chi connectivity index (χ4v) is 3.82. The fourth-order valence-electron chi connectivity index (χ4n) is 3.82. The highest BCUT2D eigenvalue weighted by atomic mass is 16.5. The van der Waals surface area contributed by atoms with Gasteiger partial charge < -0.3 is 20.1 Å². The number of aliphatic hydroxyl groups excluding tert-OH is 1. The number of hydrogen-bond donors (Lipinski definition) is 2. The molecule has 1 rings (SSSR count). The van der Waals surface area contributed by atoms with E-state index in [0.29, 0.717) is 12.5 Å². The van der Waals surface area contributed by atoms with E-state index in [0.717, 1.165) is 12.8 Å². The molecule has 5 heteroatoms. The molecule has 4 unspecified atom stereocenters. The minimum absolute atomic E-state index is 0.0233. The van der Waals surface area contributed by atoms with Gasteiger partial charge in [-0.2, -0.15) is 0 Å². The molecule has 0 aliphatic heterocycles. The molecule has 0 bridgehead atoms. The van der Waals surface area contributed by atoms with E-state index in [9.17, 15) is 9.90 Å². The highest BCUT2D eigenvalue weighted by molar-refractivity contribution is 5.74. The standard InChI is InChI=1S/C15H30N2O3/c1-7-15(8-2)12(11(4)13(15)20-6)16-14(19)17(5)9-10(3)18/h10-13,18H,7-9H2,1-6H3,(H,16,19). The molecule has 20 heavy (non-hydrogen) atoms. The molecule has 0 aromatic rings. The molecule has 0 radical (unpaired) electrons. The van der Waals surface area contributed by atoms with Crippen molar-refractivity contribution in [1.29, 1.82) is 0 Å². The summed E-state index contributed by atoms with van der Waals surface area (Å²) in [6.07, 6.45) is 1.65. The van der Waals surface area contributed by atoms with E-state index in [1.165, 1.54) is 4.90 Å². The van der Waals surface area contributed by atoms with Crippen LogP contribution in [0.5, 0.6) is 0 Å². The Kier molecular flexibility index (Phi) is 5.83. The number of nitrogens with one attached hydrogen (secondary N) is 1. The number of carbonyl (C=O) groups excluding carboxylic acids is 1. The van der Waals surface area contributed by atoms with E-state index < -0.39 is 6.10 Å². The monoisotopic (exact) mass is 286 g/mol. The van der Waals surface area contributed by atoms with Crippen LogP contribution in [-0.4, -0.2) is 55.0 Å². The van der Waals surface area contributed by atoms with Crippen LogP contribution in [0.15, 0.2) is 0 Å². The van der Waals surface area contributed by atoms with Crippen LogP contribution in [0.2, 0.25) is 0 Å². The summed E-state index contributed by atoms with van der Waals surface area (Å²) in [5, 5.41) is 12.5. The Morgan fingerprint density at radius 3 is 2.40 bits per heavy atom. The maximum atomic E-state index is 12.2. The summed E-state index contributed by atoms with van der Waals surface area (Å²) in [5.74, 6) is 0.309. The largest absolute Gasteiger partial charge is 0.392 e. The summed E-state index contributed by atoms with van der Waals surface area (Å²) in [5.41, 5.74) is 0.0233. The highest BCUT2D eigenvalue weighted by Gasteiger charge is 2.59. The lowest BCUT2D eigenvalue weighted by Crippen LogP contribution is -2.70. The van der Waals surface area contributed by atoms with Gasteiger partial charge in [-0.15, -0.1) is 0 Å². The SMILES string of the molecule is CCC1(CC)C(NC(=O)N(C)CC(C)O)C(C)C1OC. The predicted molar refractivity (Wildman–Crippen MR) is 79.6 cm³/mol. The molecule has 0 saturated heterocycles. The van der Waals surface area contributed by atoms with Gasteiger partial charge in [0.25, 0.3) is 0 Å². The molecule has 0 heterocycles. The van der Waals surface area contributed by atoms with E-state index >= 15 is 0 Å². The zero-order chi connectivity index (χ0) is 15.5. The molecule has 0 aromatic heterocycles. The number of likely N-dealkylation sites (N-methyl/N-ethyl adjacent to an activating group) is 1. The highest BCUT2D eigenvalue weighted by Crippen LogP contribution is 2.52. The van der Waals surface area contributed by atoms with E-state index in [-0.39, 0.29) is 23.6 Å². The predicted octanol–water partition coefficient (Wildman–Crippen LogP) is 1.85. The molecule has 1 saturated carbocycles. The van der Waals surface area contributed by atoms with Crippen LogP contribution in [0.25, 0.3) is 0 Å². The van der Waals surface area contributed by atoms with E-state index in [2.05, 4.69) is 26.1 Å². The van der Waals surface area contributed by atoms with Crippen molar-refractivity contribution in [3.8, 4) is 0 Å². The Labute approximate surface area is 122 Å². The van der Waals surface area contributed by atoms with Crippen molar-refractivity contribution in [1.82, 2.24) is 10.2 Å². The number of ether oxygens (including phenoxy) is 1. The normalized spacial score (nSPS) is 29.4. The topological polar surface area (TPSA) is 61.8 Å². The van der Waals surface area contributed by atoms with Crippen LogP contribution in [0, 0.1) is 11.3 Å². The van der Waals surface area contributed by atoms with Crippen molar-refractivity contribution >= 4 is 6.03 Å². The summed E-state index contributed by atoms with van der Waals surface area (Å²) < 4.78 is 5.63. The minimum Gasteiger partial charge on any atom is -0.392 e. The van der Waals surface area contributed by atoms with Gasteiger partial charge in [0.05, 0.1) is 12.2 Å². The summed E-state index contributed by atoms with van der Waals surface area (Å²) >= 11 is 0. The average molecular weight is 286 g/mol. The third-order valence-corrected chi connectivity index (χ3v) is 4.92. The molecule has 0 aromatic carbocycles. The first-order chi connectivity index (χ1) is 9.33.